The highest BCUT2D eigenvalue weighted by atomic mass is 32.2. The third kappa shape index (κ3) is 5.02. The lowest BCUT2D eigenvalue weighted by molar-refractivity contribution is 0.0914. The summed E-state index contributed by atoms with van der Waals surface area (Å²) in [6.45, 7) is 3.94. The Morgan fingerprint density at radius 2 is 1.94 bits per heavy atom. The van der Waals surface area contributed by atoms with E-state index in [9.17, 15) is 13.2 Å². The van der Waals surface area contributed by atoms with Crippen molar-refractivity contribution in [1.29, 1.82) is 0 Å². The van der Waals surface area contributed by atoms with Crippen LogP contribution < -0.4 is 10.0 Å². The Bertz CT molecular complexity index is 1130. The summed E-state index contributed by atoms with van der Waals surface area (Å²) >= 11 is 0. The normalized spacial score (nSPS) is 15.2. The lowest BCUT2D eigenvalue weighted by Crippen LogP contribution is -2.32. The minimum absolute atomic E-state index is 0.0295. The maximum atomic E-state index is 12.7. The van der Waals surface area contributed by atoms with Gasteiger partial charge in [-0.25, -0.2) is 13.1 Å². The zero-order chi connectivity index (χ0) is 22.0. The molecule has 0 bridgehead atoms. The maximum absolute atomic E-state index is 12.7. The van der Waals surface area contributed by atoms with Crippen molar-refractivity contribution in [3.8, 4) is 0 Å². The molecule has 10 heteroatoms. The average Bonchev–Trinajstić information content (AvgIpc) is 3.25. The van der Waals surface area contributed by atoms with Gasteiger partial charge in [0, 0.05) is 11.5 Å². The van der Waals surface area contributed by atoms with Gasteiger partial charge in [0.1, 0.15) is 11.8 Å². The van der Waals surface area contributed by atoms with E-state index in [0.717, 1.165) is 12.8 Å². The van der Waals surface area contributed by atoms with E-state index in [1.165, 1.54) is 30.5 Å². The number of nitrogens with one attached hydrogen (secondary N) is 2. The number of sulfonamides is 1. The summed E-state index contributed by atoms with van der Waals surface area (Å²) in [6.07, 6.45) is 3.59. The first-order valence-electron chi connectivity index (χ1n) is 10.1. The maximum Gasteiger partial charge on any atom is 0.251 e. The van der Waals surface area contributed by atoms with Gasteiger partial charge in [0.05, 0.1) is 17.7 Å². The highest BCUT2D eigenvalue weighted by Crippen LogP contribution is 2.38. The van der Waals surface area contributed by atoms with Crippen LogP contribution in [0, 0.1) is 5.92 Å². The second-order valence-corrected chi connectivity index (χ2v) is 9.66. The minimum Gasteiger partial charge on any atom is -0.468 e. The second kappa shape index (κ2) is 8.64. The largest absolute Gasteiger partial charge is 0.468 e. The summed E-state index contributed by atoms with van der Waals surface area (Å²) in [5.41, 5.74) is 0.331. The first-order chi connectivity index (χ1) is 14.8. The molecule has 1 atom stereocenters. The quantitative estimate of drug-likeness (QED) is 0.519. The van der Waals surface area contributed by atoms with E-state index in [1.54, 1.807) is 12.1 Å². The third-order valence-electron chi connectivity index (χ3n) is 5.06. The zero-order valence-electron chi connectivity index (χ0n) is 17.2. The summed E-state index contributed by atoms with van der Waals surface area (Å²) < 4.78 is 37.9. The van der Waals surface area contributed by atoms with Gasteiger partial charge in [-0.1, -0.05) is 19.0 Å². The Morgan fingerprint density at radius 3 is 2.55 bits per heavy atom. The van der Waals surface area contributed by atoms with Crippen LogP contribution in [0.3, 0.4) is 0 Å². The van der Waals surface area contributed by atoms with Crippen LogP contribution >= 0.6 is 0 Å². The number of hydrogen-bond acceptors (Lipinski definition) is 7. The van der Waals surface area contributed by atoms with Crippen LogP contribution in [0.1, 0.15) is 66.5 Å². The third-order valence-corrected chi connectivity index (χ3v) is 6.48. The van der Waals surface area contributed by atoms with Crippen LogP contribution in [0.25, 0.3) is 0 Å². The smallest absolute Gasteiger partial charge is 0.251 e. The van der Waals surface area contributed by atoms with Crippen LogP contribution in [0.5, 0.6) is 0 Å². The van der Waals surface area contributed by atoms with Crippen molar-refractivity contribution in [2.75, 3.05) is 0 Å². The summed E-state index contributed by atoms with van der Waals surface area (Å²) in [6, 6.07) is 8.64. The van der Waals surface area contributed by atoms with Crippen LogP contribution in [-0.4, -0.2) is 24.5 Å². The molecular weight excluding hydrogens is 420 g/mol. The van der Waals surface area contributed by atoms with Gasteiger partial charge >= 0.3 is 0 Å². The van der Waals surface area contributed by atoms with Crippen molar-refractivity contribution in [2.45, 2.75) is 50.1 Å². The van der Waals surface area contributed by atoms with E-state index in [-0.39, 0.29) is 23.3 Å². The molecule has 2 aromatic heterocycles. The van der Waals surface area contributed by atoms with Crippen molar-refractivity contribution < 1.29 is 22.2 Å². The molecule has 0 spiro atoms. The van der Waals surface area contributed by atoms with Gasteiger partial charge in [-0.05, 0) is 55.2 Å². The fraction of sp³-hybridized carbons (Fsp3) is 0.381. The number of benzene rings is 1. The fourth-order valence-electron chi connectivity index (χ4n) is 3.07. The van der Waals surface area contributed by atoms with E-state index in [1.807, 2.05) is 13.8 Å². The molecule has 1 aliphatic carbocycles. The number of carbonyl (C=O) groups is 1. The summed E-state index contributed by atoms with van der Waals surface area (Å²) in [7, 11) is -3.73. The number of furan rings is 1. The predicted molar refractivity (Wildman–Crippen MR) is 110 cm³/mol. The van der Waals surface area contributed by atoms with E-state index < -0.39 is 16.1 Å². The van der Waals surface area contributed by atoms with E-state index in [2.05, 4.69) is 20.2 Å². The number of amides is 1. The number of aromatic nitrogens is 2. The van der Waals surface area contributed by atoms with E-state index in [4.69, 9.17) is 8.94 Å². The number of nitrogens with zero attached hydrogens (tertiary/aromatic N) is 2. The number of carbonyl (C=O) groups excluding carboxylic acids is 1. The Kier molecular flexibility index (Phi) is 5.92. The van der Waals surface area contributed by atoms with Crippen molar-refractivity contribution in [3.63, 3.8) is 0 Å². The molecule has 9 nitrogen and oxygen atoms in total. The average molecular weight is 445 g/mol. The SMILES string of the molecule is CC(C)C(NC(=O)c1ccc(S(=O)(=O)NCc2ccco2)cc1)c1nc(C2CC2)no1. The molecule has 4 rings (SSSR count). The van der Waals surface area contributed by atoms with Gasteiger partial charge in [0.25, 0.3) is 5.91 Å². The van der Waals surface area contributed by atoms with Crippen LogP contribution in [0.4, 0.5) is 0 Å². The molecule has 1 saturated carbocycles. The van der Waals surface area contributed by atoms with Gasteiger partial charge in [-0.15, -0.1) is 0 Å². The highest BCUT2D eigenvalue weighted by Gasteiger charge is 2.31. The van der Waals surface area contributed by atoms with Gasteiger partial charge in [0.2, 0.25) is 15.9 Å². The van der Waals surface area contributed by atoms with Gasteiger partial charge in [-0.3, -0.25) is 4.79 Å². The summed E-state index contributed by atoms with van der Waals surface area (Å²) in [5, 5.41) is 6.93. The molecule has 0 radical (unpaired) electrons. The molecule has 1 aliphatic rings. The van der Waals surface area contributed by atoms with Crippen molar-refractivity contribution >= 4 is 15.9 Å². The van der Waals surface area contributed by atoms with Gasteiger partial charge in [-0.2, -0.15) is 4.98 Å². The van der Waals surface area contributed by atoms with Crippen molar-refractivity contribution in [1.82, 2.24) is 20.2 Å². The minimum atomic E-state index is -3.73. The molecule has 31 heavy (non-hydrogen) atoms. The standard InChI is InChI=1S/C21H24N4O5S/c1-13(2)18(21-24-19(25-30-21)14-5-6-14)23-20(26)15-7-9-17(10-8-15)31(27,28)22-12-16-4-3-11-29-16/h3-4,7-11,13-14,18,22H,5-6,12H2,1-2H3,(H,23,26). The fourth-order valence-corrected chi connectivity index (χ4v) is 4.06. The highest BCUT2D eigenvalue weighted by molar-refractivity contribution is 7.89. The molecule has 0 saturated heterocycles. The molecule has 1 unspecified atom stereocenters. The Labute approximate surface area is 180 Å². The summed E-state index contributed by atoms with van der Waals surface area (Å²) in [5.74, 6) is 1.61. The molecule has 0 aliphatic heterocycles. The summed E-state index contributed by atoms with van der Waals surface area (Å²) in [4.78, 5) is 17.2. The van der Waals surface area contributed by atoms with E-state index >= 15 is 0 Å². The first kappa shape index (κ1) is 21.3. The zero-order valence-corrected chi connectivity index (χ0v) is 18.1. The van der Waals surface area contributed by atoms with Gasteiger partial charge in [0.15, 0.2) is 5.82 Å². The number of rotatable bonds is 9. The Balaban J connectivity index is 1.42. The predicted octanol–water partition coefficient (Wildman–Crippen LogP) is 3.15. The monoisotopic (exact) mass is 444 g/mol. The molecule has 1 amide bonds. The second-order valence-electron chi connectivity index (χ2n) is 7.89. The van der Waals surface area contributed by atoms with Gasteiger partial charge < -0.3 is 14.3 Å². The topological polar surface area (TPSA) is 127 Å². The van der Waals surface area contributed by atoms with Crippen LogP contribution in [0.15, 0.2) is 56.5 Å². The molecule has 164 valence electrons. The van der Waals surface area contributed by atoms with E-state index in [0.29, 0.717) is 29.0 Å². The van der Waals surface area contributed by atoms with Crippen molar-refractivity contribution in [2.24, 2.45) is 5.92 Å². The first-order valence-corrected chi connectivity index (χ1v) is 11.6. The number of hydrogen-bond donors (Lipinski definition) is 2. The molecule has 1 fully saturated rings. The molecule has 1 aromatic carbocycles. The van der Waals surface area contributed by atoms with Crippen molar-refractivity contribution in [3.05, 3.63) is 65.7 Å². The molecular formula is C21H24N4O5S. The Hall–Kier alpha value is -2.98. The molecule has 3 aromatic rings. The lowest BCUT2D eigenvalue weighted by atomic mass is 10.0. The Morgan fingerprint density at radius 1 is 1.19 bits per heavy atom. The molecule has 2 heterocycles. The van der Waals surface area contributed by atoms with Crippen LogP contribution in [0.2, 0.25) is 0 Å². The lowest BCUT2D eigenvalue weighted by Gasteiger charge is -2.18. The molecule has 2 N–H and O–H groups in total. The van der Waals surface area contributed by atoms with Crippen LogP contribution in [-0.2, 0) is 16.6 Å².